The molecule has 23 heavy (non-hydrogen) atoms. The van der Waals surface area contributed by atoms with Gasteiger partial charge < -0.3 is 9.09 Å². The number of imidazole rings is 1. The molecule has 0 amide bonds. The van der Waals surface area contributed by atoms with E-state index in [4.69, 9.17) is 4.52 Å². The molecule has 0 atom stereocenters. The van der Waals surface area contributed by atoms with Crippen LogP contribution in [0.3, 0.4) is 0 Å². The minimum absolute atomic E-state index is 0.104. The Morgan fingerprint density at radius 2 is 1.96 bits per heavy atom. The number of hydrogen-bond acceptors (Lipinski definition) is 5. The number of aryl methyl sites for hydroxylation is 2. The Balaban J connectivity index is 1.73. The molecule has 0 aliphatic heterocycles. The molecule has 0 aliphatic carbocycles. The Bertz CT molecular complexity index is 877. The Kier molecular flexibility index (Phi) is 4.01. The smallest absolute Gasteiger partial charge is 0.246 e. The van der Waals surface area contributed by atoms with E-state index in [-0.39, 0.29) is 17.2 Å². The highest BCUT2D eigenvalue weighted by atomic mass is 32.2. The maximum atomic E-state index is 12.3. The summed E-state index contributed by atoms with van der Waals surface area (Å²) in [6, 6.07) is 7.54. The molecule has 0 radical (unpaired) electrons. The second-order valence-corrected chi connectivity index (χ2v) is 6.82. The molecule has 0 bridgehead atoms. The summed E-state index contributed by atoms with van der Waals surface area (Å²) in [6.45, 7) is 3.37. The molecule has 120 valence electrons. The second kappa shape index (κ2) is 5.98. The van der Waals surface area contributed by atoms with Gasteiger partial charge in [0.1, 0.15) is 10.6 Å². The third-order valence-electron chi connectivity index (χ3n) is 3.44. The zero-order chi connectivity index (χ0) is 16.4. The van der Waals surface area contributed by atoms with Gasteiger partial charge in [0.05, 0.1) is 6.33 Å². The van der Waals surface area contributed by atoms with Gasteiger partial charge in [0.15, 0.2) is 5.76 Å². The van der Waals surface area contributed by atoms with Crippen LogP contribution in [-0.4, -0.2) is 23.1 Å². The van der Waals surface area contributed by atoms with Crippen molar-refractivity contribution in [2.45, 2.75) is 25.3 Å². The normalized spacial score (nSPS) is 11.7. The SMILES string of the molecule is Cc1noc(C)c1S(=O)(=O)NCc1ccc(-n2ccnc2)cc1. The van der Waals surface area contributed by atoms with Crippen LogP contribution in [0.15, 0.2) is 52.4 Å². The van der Waals surface area contributed by atoms with Crippen LogP contribution in [-0.2, 0) is 16.6 Å². The van der Waals surface area contributed by atoms with Crippen molar-refractivity contribution in [3.63, 3.8) is 0 Å². The maximum Gasteiger partial charge on any atom is 0.246 e. The van der Waals surface area contributed by atoms with Gasteiger partial charge in [-0.2, -0.15) is 0 Å². The average Bonchev–Trinajstić information content (AvgIpc) is 3.16. The fourth-order valence-electron chi connectivity index (χ4n) is 2.31. The monoisotopic (exact) mass is 332 g/mol. The van der Waals surface area contributed by atoms with E-state index in [0.29, 0.717) is 5.69 Å². The zero-order valence-electron chi connectivity index (χ0n) is 12.7. The highest BCUT2D eigenvalue weighted by Crippen LogP contribution is 2.19. The maximum absolute atomic E-state index is 12.3. The van der Waals surface area contributed by atoms with E-state index in [1.807, 2.05) is 35.0 Å². The third-order valence-corrected chi connectivity index (χ3v) is 5.09. The number of nitrogens with one attached hydrogen (secondary N) is 1. The summed E-state index contributed by atoms with van der Waals surface area (Å²) in [5, 5.41) is 3.67. The number of sulfonamides is 1. The van der Waals surface area contributed by atoms with Crippen molar-refractivity contribution in [2.24, 2.45) is 0 Å². The van der Waals surface area contributed by atoms with Gasteiger partial charge in [-0.15, -0.1) is 0 Å². The van der Waals surface area contributed by atoms with Gasteiger partial charge in [-0.1, -0.05) is 17.3 Å². The molecule has 1 N–H and O–H groups in total. The first-order valence-corrected chi connectivity index (χ1v) is 8.45. The predicted molar refractivity (Wildman–Crippen MR) is 83.6 cm³/mol. The van der Waals surface area contributed by atoms with E-state index < -0.39 is 10.0 Å². The van der Waals surface area contributed by atoms with Gasteiger partial charge in [0.2, 0.25) is 10.0 Å². The second-order valence-electron chi connectivity index (χ2n) is 5.11. The van der Waals surface area contributed by atoms with Crippen molar-refractivity contribution in [1.82, 2.24) is 19.4 Å². The molecular weight excluding hydrogens is 316 g/mol. The molecule has 0 fully saturated rings. The van der Waals surface area contributed by atoms with Gasteiger partial charge in [-0.25, -0.2) is 18.1 Å². The van der Waals surface area contributed by atoms with Gasteiger partial charge in [-0.05, 0) is 31.5 Å². The highest BCUT2D eigenvalue weighted by molar-refractivity contribution is 7.89. The summed E-state index contributed by atoms with van der Waals surface area (Å²) in [5.74, 6) is 0.283. The molecule has 0 aliphatic rings. The molecule has 0 spiro atoms. The fraction of sp³-hybridized carbons (Fsp3) is 0.200. The number of hydrogen-bond donors (Lipinski definition) is 1. The predicted octanol–water partition coefficient (Wildman–Crippen LogP) is 1.96. The molecule has 3 rings (SSSR count). The topological polar surface area (TPSA) is 90.0 Å². The summed E-state index contributed by atoms with van der Waals surface area (Å²) in [5.41, 5.74) is 2.16. The summed E-state index contributed by atoms with van der Waals surface area (Å²) < 4.78 is 34.0. The van der Waals surface area contributed by atoms with E-state index in [2.05, 4.69) is 14.9 Å². The number of aromatic nitrogens is 3. The first-order chi connectivity index (χ1) is 11.0. The van der Waals surface area contributed by atoms with Crippen LogP contribution in [0.1, 0.15) is 17.0 Å². The van der Waals surface area contributed by atoms with Crippen molar-refractivity contribution in [3.05, 3.63) is 60.0 Å². The Hall–Kier alpha value is -2.45. The largest absolute Gasteiger partial charge is 0.360 e. The van der Waals surface area contributed by atoms with Crippen LogP contribution in [0, 0.1) is 13.8 Å². The molecule has 8 heteroatoms. The lowest BCUT2D eigenvalue weighted by Gasteiger charge is -2.07. The molecule has 0 saturated heterocycles. The van der Waals surface area contributed by atoms with E-state index in [0.717, 1.165) is 11.3 Å². The Morgan fingerprint density at radius 3 is 2.52 bits per heavy atom. The molecular formula is C15H16N4O3S. The Labute approximate surface area is 134 Å². The standard InChI is InChI=1S/C15H16N4O3S/c1-11-15(12(2)22-18-11)23(20,21)17-9-13-3-5-14(6-4-13)19-8-7-16-10-19/h3-8,10,17H,9H2,1-2H3. The molecule has 2 heterocycles. The van der Waals surface area contributed by atoms with E-state index in [9.17, 15) is 8.42 Å². The summed E-state index contributed by atoms with van der Waals surface area (Å²) in [7, 11) is -3.65. The van der Waals surface area contributed by atoms with Gasteiger partial charge in [0.25, 0.3) is 0 Å². The Morgan fingerprint density at radius 1 is 1.22 bits per heavy atom. The molecule has 0 unspecified atom stereocenters. The molecule has 2 aromatic heterocycles. The van der Waals surface area contributed by atoms with Crippen molar-refractivity contribution in [2.75, 3.05) is 0 Å². The average molecular weight is 332 g/mol. The molecule has 0 saturated carbocycles. The number of rotatable bonds is 5. The molecule has 3 aromatic rings. The van der Waals surface area contributed by atoms with E-state index in [1.165, 1.54) is 0 Å². The van der Waals surface area contributed by atoms with Gasteiger partial charge >= 0.3 is 0 Å². The van der Waals surface area contributed by atoms with Crippen molar-refractivity contribution in [1.29, 1.82) is 0 Å². The fourth-order valence-corrected chi connectivity index (χ4v) is 3.65. The van der Waals surface area contributed by atoms with Crippen LogP contribution in [0.25, 0.3) is 5.69 Å². The first-order valence-electron chi connectivity index (χ1n) is 6.97. The number of benzene rings is 1. The van der Waals surface area contributed by atoms with Crippen molar-refractivity contribution >= 4 is 10.0 Å². The summed E-state index contributed by atoms with van der Waals surface area (Å²) in [4.78, 5) is 4.10. The van der Waals surface area contributed by atoms with Crippen LogP contribution in [0.4, 0.5) is 0 Å². The lowest BCUT2D eigenvalue weighted by Crippen LogP contribution is -2.24. The lowest BCUT2D eigenvalue weighted by molar-refractivity contribution is 0.390. The zero-order valence-corrected chi connectivity index (χ0v) is 13.5. The van der Waals surface area contributed by atoms with Crippen LogP contribution in [0.5, 0.6) is 0 Å². The third kappa shape index (κ3) is 3.17. The molecule has 7 nitrogen and oxygen atoms in total. The van der Waals surface area contributed by atoms with E-state index >= 15 is 0 Å². The number of nitrogens with zero attached hydrogens (tertiary/aromatic N) is 3. The van der Waals surface area contributed by atoms with Crippen LogP contribution >= 0.6 is 0 Å². The van der Waals surface area contributed by atoms with Crippen molar-refractivity contribution in [3.8, 4) is 5.69 Å². The summed E-state index contributed by atoms with van der Waals surface area (Å²) >= 11 is 0. The lowest BCUT2D eigenvalue weighted by atomic mass is 10.2. The van der Waals surface area contributed by atoms with Crippen LogP contribution in [0.2, 0.25) is 0 Å². The van der Waals surface area contributed by atoms with Gasteiger partial charge in [-0.3, -0.25) is 0 Å². The van der Waals surface area contributed by atoms with Crippen LogP contribution < -0.4 is 4.72 Å². The first kappa shape index (κ1) is 15.4. The highest BCUT2D eigenvalue weighted by Gasteiger charge is 2.23. The molecule has 1 aromatic carbocycles. The minimum Gasteiger partial charge on any atom is -0.360 e. The summed E-state index contributed by atoms with van der Waals surface area (Å²) in [6.07, 6.45) is 5.25. The van der Waals surface area contributed by atoms with Gasteiger partial charge in [0, 0.05) is 24.6 Å². The van der Waals surface area contributed by atoms with Crippen molar-refractivity contribution < 1.29 is 12.9 Å². The quantitative estimate of drug-likeness (QED) is 0.771. The van der Waals surface area contributed by atoms with E-state index in [1.54, 1.807) is 26.4 Å². The minimum atomic E-state index is -3.65.